The molecule has 71 heavy (non-hydrogen) atoms. The predicted octanol–water partition coefficient (Wildman–Crippen LogP) is 10.1. The maximum absolute atomic E-state index is 14.5. The number of carboxylic acids is 1. The number of primary amides is 1. The number of benzene rings is 6. The lowest BCUT2D eigenvalue weighted by molar-refractivity contribution is 0.0693. The smallest absolute Gasteiger partial charge is 0.339 e. The molecule has 0 aliphatic heterocycles. The SMILES string of the molecule is COc1cc2cc(-c3ccc(C(=O)O)c(O)c3)cnc2cc1OC.COc1cc2cc(-c3ccc(O)c(C(N)=O)c3)cnc2cc1OC.COc1ccc(-c2cnc3c(F)c(OC)c(OC)cc3c2)cc1. The Labute approximate surface area is 406 Å². The molecule has 0 unspecified atom stereocenters. The number of aromatic hydroxyl groups is 2. The van der Waals surface area contributed by atoms with Crippen LogP contribution in [0.15, 0.2) is 128 Å². The van der Waals surface area contributed by atoms with Gasteiger partial charge in [0, 0.05) is 63.6 Å². The van der Waals surface area contributed by atoms with Crippen molar-refractivity contribution in [1.29, 1.82) is 0 Å². The number of carboxylic acid groups (broad SMARTS) is 1. The number of nitrogens with two attached hydrogens (primary N) is 1. The number of ether oxygens (including phenoxy) is 7. The van der Waals surface area contributed by atoms with Crippen molar-refractivity contribution in [2.24, 2.45) is 5.73 Å². The molecule has 5 N–H and O–H groups in total. The standard InChI is InChI=1S/C18H16FNO3.C18H16N2O4.C18H15NO5/c1-21-14-6-4-11(5-7-14)13-8-12-9-15(22-2)18(23-3)16(19)17(12)20-10-13;1-23-16-7-11-5-12(9-20-14(11)8-17(16)24-2)10-3-4-15(21)13(6-10)18(19)22;1-23-16-7-11-5-12(9-19-14(11)8-17(16)24-2)10-3-4-13(18(21)22)15(20)6-10/h4-10H,1-3H3;3-9,21H,1-2H3,(H2,19,22);3-9,20H,1-2H3,(H,21,22). The fraction of sp³-hybridized carbons (Fsp3) is 0.130. The van der Waals surface area contributed by atoms with E-state index in [1.54, 1.807) is 90.5 Å². The van der Waals surface area contributed by atoms with Gasteiger partial charge < -0.3 is 54.2 Å². The molecule has 0 saturated heterocycles. The quantitative estimate of drug-likeness (QED) is 0.0894. The first-order valence-electron chi connectivity index (χ1n) is 21.3. The van der Waals surface area contributed by atoms with Gasteiger partial charge in [-0.15, -0.1) is 0 Å². The average Bonchev–Trinajstić information content (AvgIpc) is 3.39. The van der Waals surface area contributed by atoms with Crippen LogP contribution in [0, 0.1) is 5.82 Å². The summed E-state index contributed by atoms with van der Waals surface area (Å²) in [5, 5.41) is 30.9. The Kier molecular flexibility index (Phi) is 15.1. The van der Waals surface area contributed by atoms with Crippen LogP contribution in [-0.4, -0.2) is 91.9 Å². The van der Waals surface area contributed by atoms with E-state index in [4.69, 9.17) is 44.0 Å². The third kappa shape index (κ3) is 10.7. The molecular formula is C54H47FN4O12. The van der Waals surface area contributed by atoms with E-state index in [-0.39, 0.29) is 33.9 Å². The topological polar surface area (TPSA) is 224 Å². The van der Waals surface area contributed by atoms with Crippen molar-refractivity contribution in [3.63, 3.8) is 0 Å². The van der Waals surface area contributed by atoms with Crippen LogP contribution in [0.25, 0.3) is 66.1 Å². The van der Waals surface area contributed by atoms with Gasteiger partial charge in [-0.1, -0.05) is 24.3 Å². The van der Waals surface area contributed by atoms with E-state index in [9.17, 15) is 24.2 Å². The van der Waals surface area contributed by atoms with Crippen LogP contribution < -0.4 is 38.9 Å². The molecule has 0 saturated carbocycles. The number of methoxy groups -OCH3 is 7. The largest absolute Gasteiger partial charge is 0.507 e. The minimum Gasteiger partial charge on any atom is -0.507 e. The molecule has 16 nitrogen and oxygen atoms in total. The number of hydrogen-bond donors (Lipinski definition) is 4. The molecule has 3 heterocycles. The number of phenols is 2. The van der Waals surface area contributed by atoms with Crippen LogP contribution in [0.1, 0.15) is 20.7 Å². The summed E-state index contributed by atoms with van der Waals surface area (Å²) in [7, 11) is 10.8. The third-order valence-electron chi connectivity index (χ3n) is 11.2. The molecule has 0 spiro atoms. The van der Waals surface area contributed by atoms with Gasteiger partial charge in [0.15, 0.2) is 40.3 Å². The van der Waals surface area contributed by atoms with E-state index in [0.717, 1.165) is 55.4 Å². The number of nitrogens with zero attached hydrogens (tertiary/aromatic N) is 3. The van der Waals surface area contributed by atoms with Gasteiger partial charge in [-0.3, -0.25) is 19.7 Å². The lowest BCUT2D eigenvalue weighted by Crippen LogP contribution is -2.11. The normalized spacial score (nSPS) is 10.6. The van der Waals surface area contributed by atoms with E-state index in [2.05, 4.69) is 15.0 Å². The number of hydrogen-bond acceptors (Lipinski definition) is 14. The van der Waals surface area contributed by atoms with Crippen LogP contribution >= 0.6 is 0 Å². The molecular weight excluding hydrogens is 916 g/mol. The van der Waals surface area contributed by atoms with Crippen molar-refractivity contribution < 1.29 is 62.5 Å². The van der Waals surface area contributed by atoms with E-state index >= 15 is 0 Å². The summed E-state index contributed by atoms with van der Waals surface area (Å²) in [5.74, 6) is 0.750. The first kappa shape index (κ1) is 49.5. The van der Waals surface area contributed by atoms with Crippen molar-refractivity contribution in [3.05, 3.63) is 145 Å². The minimum atomic E-state index is -1.17. The first-order valence-corrected chi connectivity index (χ1v) is 21.3. The summed E-state index contributed by atoms with van der Waals surface area (Å²) in [6.45, 7) is 0. The van der Waals surface area contributed by atoms with Crippen molar-refractivity contribution in [2.75, 3.05) is 49.8 Å². The minimum absolute atomic E-state index is 0.0599. The molecule has 0 radical (unpaired) electrons. The number of halogens is 1. The van der Waals surface area contributed by atoms with Gasteiger partial charge in [-0.25, -0.2) is 9.18 Å². The van der Waals surface area contributed by atoms with Crippen LogP contribution in [0.3, 0.4) is 0 Å². The fourth-order valence-electron chi connectivity index (χ4n) is 7.51. The van der Waals surface area contributed by atoms with Gasteiger partial charge in [0.25, 0.3) is 5.91 Å². The number of rotatable bonds is 12. The Bertz CT molecular complexity index is 3440. The zero-order valence-corrected chi connectivity index (χ0v) is 39.4. The number of amides is 1. The van der Waals surface area contributed by atoms with Crippen molar-refractivity contribution in [1.82, 2.24) is 15.0 Å². The first-order chi connectivity index (χ1) is 34.2. The van der Waals surface area contributed by atoms with Crippen LogP contribution in [0.2, 0.25) is 0 Å². The number of aromatic carboxylic acids is 1. The van der Waals surface area contributed by atoms with Gasteiger partial charge in [-0.05, 0) is 89.5 Å². The monoisotopic (exact) mass is 962 g/mol. The fourth-order valence-corrected chi connectivity index (χ4v) is 7.51. The van der Waals surface area contributed by atoms with Gasteiger partial charge in [0.2, 0.25) is 0 Å². The van der Waals surface area contributed by atoms with E-state index in [0.29, 0.717) is 39.7 Å². The van der Waals surface area contributed by atoms with Gasteiger partial charge in [0.05, 0.1) is 66.4 Å². The maximum atomic E-state index is 14.5. The molecule has 0 bridgehead atoms. The van der Waals surface area contributed by atoms with E-state index in [1.807, 2.05) is 54.6 Å². The number of aromatic nitrogens is 3. The predicted molar refractivity (Wildman–Crippen MR) is 266 cm³/mol. The molecule has 0 atom stereocenters. The lowest BCUT2D eigenvalue weighted by Gasteiger charge is -2.11. The lowest BCUT2D eigenvalue weighted by atomic mass is 10.0. The molecule has 9 aromatic rings. The highest BCUT2D eigenvalue weighted by Gasteiger charge is 2.18. The van der Waals surface area contributed by atoms with Gasteiger partial charge in [-0.2, -0.15) is 0 Å². The molecule has 362 valence electrons. The Morgan fingerprint density at radius 2 is 0.930 bits per heavy atom. The Hall–Kier alpha value is -9.38. The molecule has 3 aromatic heterocycles. The summed E-state index contributed by atoms with van der Waals surface area (Å²) in [5.41, 5.74) is 11.7. The second-order valence-corrected chi connectivity index (χ2v) is 15.3. The summed E-state index contributed by atoms with van der Waals surface area (Å²) >= 11 is 0. The maximum Gasteiger partial charge on any atom is 0.339 e. The van der Waals surface area contributed by atoms with E-state index in [1.165, 1.54) is 32.4 Å². The van der Waals surface area contributed by atoms with Crippen LogP contribution in [-0.2, 0) is 0 Å². The highest BCUT2D eigenvalue weighted by molar-refractivity contribution is 5.97. The molecule has 1 amide bonds. The molecule has 0 aliphatic rings. The molecule has 6 aromatic carbocycles. The van der Waals surface area contributed by atoms with Crippen molar-refractivity contribution >= 4 is 44.6 Å². The Morgan fingerprint density at radius 1 is 0.465 bits per heavy atom. The number of fused-ring (bicyclic) bond motifs is 3. The molecule has 0 aliphatic carbocycles. The summed E-state index contributed by atoms with van der Waals surface area (Å²) in [6, 6.07) is 31.3. The zero-order chi connectivity index (χ0) is 50.9. The average molecular weight is 963 g/mol. The third-order valence-corrected chi connectivity index (χ3v) is 11.2. The highest BCUT2D eigenvalue weighted by Crippen LogP contribution is 2.38. The van der Waals surface area contributed by atoms with Crippen LogP contribution in [0.4, 0.5) is 4.39 Å². The summed E-state index contributed by atoms with van der Waals surface area (Å²) in [4.78, 5) is 35.4. The number of pyridine rings is 3. The zero-order valence-electron chi connectivity index (χ0n) is 39.4. The van der Waals surface area contributed by atoms with Gasteiger partial charge >= 0.3 is 5.97 Å². The molecule has 0 fully saturated rings. The number of carbonyl (C=O) groups excluding carboxylic acids is 1. The second-order valence-electron chi connectivity index (χ2n) is 15.3. The number of carbonyl (C=O) groups is 2. The van der Waals surface area contributed by atoms with Gasteiger partial charge in [0.1, 0.15) is 28.3 Å². The Morgan fingerprint density at radius 3 is 1.42 bits per heavy atom. The molecule has 17 heteroatoms. The second kappa shape index (κ2) is 21.7. The highest BCUT2D eigenvalue weighted by atomic mass is 19.1. The summed E-state index contributed by atoms with van der Waals surface area (Å²) in [6.07, 6.45) is 4.98. The summed E-state index contributed by atoms with van der Waals surface area (Å²) < 4.78 is 51.0. The van der Waals surface area contributed by atoms with Crippen LogP contribution in [0.5, 0.6) is 51.7 Å². The Balaban J connectivity index is 0.000000157. The van der Waals surface area contributed by atoms with E-state index < -0.39 is 17.7 Å². The van der Waals surface area contributed by atoms with Crippen molar-refractivity contribution in [3.8, 4) is 85.1 Å². The molecule has 9 rings (SSSR count). The van der Waals surface area contributed by atoms with Crippen molar-refractivity contribution in [2.45, 2.75) is 0 Å².